The van der Waals surface area contributed by atoms with Crippen LogP contribution in [0.25, 0.3) is 5.69 Å². The van der Waals surface area contributed by atoms with E-state index in [1.807, 2.05) is 44.2 Å². The molecule has 1 unspecified atom stereocenters. The van der Waals surface area contributed by atoms with Crippen LogP contribution in [0, 0.1) is 0 Å². The third-order valence-corrected chi connectivity index (χ3v) is 5.66. The molecule has 2 aromatic carbocycles. The number of rotatable bonds is 8. The summed E-state index contributed by atoms with van der Waals surface area (Å²) in [5, 5.41) is 7.95. The Morgan fingerprint density at radius 1 is 1.00 bits per heavy atom. The minimum absolute atomic E-state index is 0.285. The summed E-state index contributed by atoms with van der Waals surface area (Å²) < 4.78 is 38.1. The largest absolute Gasteiger partial charge is 0.497 e. The quantitative estimate of drug-likeness (QED) is 0.500. The van der Waals surface area contributed by atoms with Gasteiger partial charge in [0.15, 0.2) is 0 Å². The highest BCUT2D eigenvalue weighted by molar-refractivity contribution is 7.85. The molecule has 1 aliphatic rings. The maximum Gasteiger partial charge on any atom is 0.241 e. The molecule has 3 aromatic rings. The highest BCUT2D eigenvalue weighted by atomic mass is 32.2. The lowest BCUT2D eigenvalue weighted by Gasteiger charge is -2.15. The van der Waals surface area contributed by atoms with Crippen molar-refractivity contribution in [1.82, 2.24) is 14.8 Å². The van der Waals surface area contributed by atoms with Gasteiger partial charge >= 0.3 is 0 Å². The van der Waals surface area contributed by atoms with Crippen LogP contribution in [-0.4, -0.2) is 53.5 Å². The van der Waals surface area contributed by atoms with Crippen molar-refractivity contribution in [1.29, 1.82) is 0 Å². The first kappa shape index (κ1) is 27.1. The lowest BCUT2D eigenvalue weighted by atomic mass is 10.2. The van der Waals surface area contributed by atoms with Crippen LogP contribution in [0.4, 0.5) is 5.95 Å². The molecule has 1 aromatic heterocycles. The summed E-state index contributed by atoms with van der Waals surface area (Å²) >= 11 is 0. The van der Waals surface area contributed by atoms with Gasteiger partial charge in [-0.1, -0.05) is 32.0 Å². The minimum Gasteiger partial charge on any atom is -0.497 e. The molecule has 34 heavy (non-hydrogen) atoms. The molecule has 0 aliphatic carbocycles. The van der Waals surface area contributed by atoms with E-state index in [1.165, 1.54) is 19.2 Å². The molecular weight excluding hydrogens is 456 g/mol. The molecule has 1 atom stereocenters. The van der Waals surface area contributed by atoms with Crippen molar-refractivity contribution in [2.45, 2.75) is 32.4 Å². The van der Waals surface area contributed by atoms with Gasteiger partial charge in [0, 0.05) is 13.2 Å². The normalized spacial score (nSPS) is 13.0. The van der Waals surface area contributed by atoms with Crippen molar-refractivity contribution in [2.24, 2.45) is 0 Å². The molecule has 0 bridgehead atoms. The second-order valence-electron chi connectivity index (χ2n) is 6.80. The lowest BCUT2D eigenvalue weighted by Crippen LogP contribution is -2.12. The number of hydrogen-bond acceptors (Lipinski definition) is 7. The number of ether oxygens (including phenoxy) is 4. The SMILES string of the molecule is C1CCOC1.CC.COc1cccc(CS(=O)Nc2nncn2-c2c(OC)cccc2OC)c1. The van der Waals surface area contributed by atoms with E-state index >= 15 is 0 Å². The van der Waals surface area contributed by atoms with Crippen molar-refractivity contribution >= 4 is 16.9 Å². The van der Waals surface area contributed by atoms with Gasteiger partial charge in [-0.25, -0.2) is 4.21 Å². The summed E-state index contributed by atoms with van der Waals surface area (Å²) in [6, 6.07) is 12.8. The Balaban J connectivity index is 0.000000507. The number of benzene rings is 2. The summed E-state index contributed by atoms with van der Waals surface area (Å²) in [4.78, 5) is 0. The van der Waals surface area contributed by atoms with Crippen LogP contribution in [-0.2, 0) is 21.5 Å². The van der Waals surface area contributed by atoms with Crippen molar-refractivity contribution in [2.75, 3.05) is 39.3 Å². The van der Waals surface area contributed by atoms with Gasteiger partial charge < -0.3 is 18.9 Å². The Bertz CT molecular complexity index is 994. The molecule has 0 saturated carbocycles. The molecule has 0 spiro atoms. The molecular formula is C24H34N4O5S. The van der Waals surface area contributed by atoms with E-state index in [-0.39, 0.29) is 5.75 Å². The van der Waals surface area contributed by atoms with E-state index in [1.54, 1.807) is 38.0 Å². The summed E-state index contributed by atoms with van der Waals surface area (Å²) in [6.45, 7) is 6.00. The monoisotopic (exact) mass is 490 g/mol. The van der Waals surface area contributed by atoms with Gasteiger partial charge in [0.25, 0.3) is 0 Å². The van der Waals surface area contributed by atoms with E-state index in [0.29, 0.717) is 28.9 Å². The number of nitrogens with zero attached hydrogens (tertiary/aromatic N) is 3. The van der Waals surface area contributed by atoms with E-state index < -0.39 is 11.0 Å². The van der Waals surface area contributed by atoms with Crippen molar-refractivity contribution in [3.63, 3.8) is 0 Å². The Hall–Kier alpha value is -3.11. The highest BCUT2D eigenvalue weighted by Crippen LogP contribution is 2.33. The molecule has 2 heterocycles. The van der Waals surface area contributed by atoms with Crippen LogP contribution < -0.4 is 18.9 Å². The Morgan fingerprint density at radius 2 is 1.65 bits per heavy atom. The molecule has 9 nitrogen and oxygen atoms in total. The van der Waals surface area contributed by atoms with Crippen LogP contribution >= 0.6 is 0 Å². The standard InChI is InChI=1S/C18H20N4O4S.C4H8O.C2H6/c1-24-14-7-4-6-13(10-14)11-27(23)21-18-20-19-12-22(18)17-15(25-2)8-5-9-16(17)26-3;1-2-4-5-3-1;1-2/h4-10,12H,11H2,1-3H3,(H,20,21);1-4H2;1-2H3. The van der Waals surface area contributed by atoms with Crippen molar-refractivity contribution in [3.8, 4) is 22.9 Å². The summed E-state index contributed by atoms with van der Waals surface area (Å²) in [6.07, 6.45) is 4.06. The van der Waals surface area contributed by atoms with Gasteiger partial charge in [0.2, 0.25) is 5.95 Å². The van der Waals surface area contributed by atoms with Crippen LogP contribution in [0.2, 0.25) is 0 Å². The summed E-state index contributed by atoms with van der Waals surface area (Å²) in [7, 11) is 3.30. The van der Waals surface area contributed by atoms with Crippen LogP contribution in [0.3, 0.4) is 0 Å². The number of aromatic nitrogens is 3. The topological polar surface area (TPSA) is 96.7 Å². The van der Waals surface area contributed by atoms with E-state index in [0.717, 1.165) is 18.8 Å². The predicted molar refractivity (Wildman–Crippen MR) is 134 cm³/mol. The fourth-order valence-electron chi connectivity index (χ4n) is 3.10. The summed E-state index contributed by atoms with van der Waals surface area (Å²) in [5.41, 5.74) is 1.49. The molecule has 1 aliphatic heterocycles. The highest BCUT2D eigenvalue weighted by Gasteiger charge is 2.17. The number of para-hydroxylation sites is 1. The summed E-state index contributed by atoms with van der Waals surface area (Å²) in [5.74, 6) is 2.48. The molecule has 1 N–H and O–H groups in total. The zero-order chi connectivity index (χ0) is 24.8. The van der Waals surface area contributed by atoms with Gasteiger partial charge in [-0.15, -0.1) is 10.2 Å². The smallest absolute Gasteiger partial charge is 0.241 e. The van der Waals surface area contributed by atoms with E-state index in [2.05, 4.69) is 14.9 Å². The van der Waals surface area contributed by atoms with Gasteiger partial charge in [-0.05, 0) is 42.7 Å². The van der Waals surface area contributed by atoms with Gasteiger partial charge in [-0.3, -0.25) is 9.29 Å². The number of hydrogen-bond donors (Lipinski definition) is 1. The van der Waals surface area contributed by atoms with Gasteiger partial charge in [-0.2, -0.15) is 0 Å². The molecule has 0 amide bonds. The van der Waals surface area contributed by atoms with E-state index in [4.69, 9.17) is 18.9 Å². The lowest BCUT2D eigenvalue weighted by molar-refractivity contribution is 0.198. The van der Waals surface area contributed by atoms with E-state index in [9.17, 15) is 4.21 Å². The molecule has 186 valence electrons. The zero-order valence-corrected chi connectivity index (χ0v) is 21.3. The first-order valence-corrected chi connectivity index (χ1v) is 12.4. The Morgan fingerprint density at radius 3 is 2.21 bits per heavy atom. The fourth-order valence-corrected chi connectivity index (χ4v) is 4.00. The zero-order valence-electron chi connectivity index (χ0n) is 20.4. The fraction of sp³-hybridized carbons (Fsp3) is 0.417. The minimum atomic E-state index is -1.42. The average Bonchev–Trinajstić information content (AvgIpc) is 3.60. The van der Waals surface area contributed by atoms with Crippen LogP contribution in [0.15, 0.2) is 48.8 Å². The molecule has 4 rings (SSSR count). The maximum atomic E-state index is 12.6. The molecule has 10 heteroatoms. The first-order valence-electron chi connectivity index (χ1n) is 11.1. The number of anilines is 1. The van der Waals surface area contributed by atoms with Gasteiger partial charge in [0.1, 0.15) is 40.2 Å². The third-order valence-electron chi connectivity index (χ3n) is 4.65. The second-order valence-corrected chi connectivity index (χ2v) is 7.98. The number of nitrogens with one attached hydrogen (secondary N) is 1. The van der Waals surface area contributed by atoms with Crippen LogP contribution in [0.5, 0.6) is 17.2 Å². The average molecular weight is 491 g/mol. The molecule has 0 radical (unpaired) electrons. The van der Waals surface area contributed by atoms with Crippen LogP contribution in [0.1, 0.15) is 32.3 Å². The van der Waals surface area contributed by atoms with Crippen molar-refractivity contribution in [3.05, 3.63) is 54.4 Å². The third kappa shape index (κ3) is 7.74. The van der Waals surface area contributed by atoms with Crippen molar-refractivity contribution < 1.29 is 23.2 Å². The second kappa shape index (κ2) is 14.9. The van der Waals surface area contributed by atoms with Gasteiger partial charge in [0.05, 0.1) is 27.1 Å². The number of methoxy groups -OCH3 is 3. The molecule has 1 fully saturated rings. The Kier molecular flexibility index (Phi) is 11.9. The first-order chi connectivity index (χ1) is 16.7. The maximum absolute atomic E-state index is 12.6. The Labute approximate surface area is 204 Å². The molecule has 1 saturated heterocycles. The predicted octanol–water partition coefficient (Wildman–Crippen LogP) is 4.39.